The number of carbonyl (C=O) groups is 1. The molecule has 2 aromatic heterocycles. The van der Waals surface area contributed by atoms with E-state index in [9.17, 15) is 9.59 Å². The van der Waals surface area contributed by atoms with Crippen LogP contribution >= 0.6 is 11.8 Å². The van der Waals surface area contributed by atoms with Crippen LogP contribution in [0, 0.1) is 13.8 Å². The largest absolute Gasteiger partial charge is 0.353 e. The lowest BCUT2D eigenvalue weighted by atomic mass is 10.1. The molecule has 6 nitrogen and oxygen atoms in total. The summed E-state index contributed by atoms with van der Waals surface area (Å²) < 4.78 is 1.70. The van der Waals surface area contributed by atoms with Crippen molar-refractivity contribution in [2.24, 2.45) is 0 Å². The summed E-state index contributed by atoms with van der Waals surface area (Å²) in [6.07, 6.45) is 1.65. The molecule has 0 spiro atoms. The highest BCUT2D eigenvalue weighted by atomic mass is 32.2. The van der Waals surface area contributed by atoms with E-state index in [1.807, 2.05) is 52.0 Å². The first kappa shape index (κ1) is 21.2. The van der Waals surface area contributed by atoms with Crippen LogP contribution in [0.2, 0.25) is 0 Å². The molecule has 0 aliphatic carbocycles. The summed E-state index contributed by atoms with van der Waals surface area (Å²) in [4.78, 5) is 33.4. The van der Waals surface area contributed by atoms with Gasteiger partial charge in [-0.15, -0.1) is 0 Å². The molecule has 0 unspecified atom stereocenters. The number of rotatable bonds is 7. The van der Waals surface area contributed by atoms with Crippen molar-refractivity contribution < 1.29 is 4.79 Å². The molecule has 29 heavy (non-hydrogen) atoms. The van der Waals surface area contributed by atoms with E-state index >= 15 is 0 Å². The Labute approximate surface area is 175 Å². The summed E-state index contributed by atoms with van der Waals surface area (Å²) in [6.45, 7) is 10.00. The number of carbonyl (C=O) groups excluding carboxylic acids is 1. The maximum absolute atomic E-state index is 13.0. The highest BCUT2D eigenvalue weighted by Crippen LogP contribution is 2.24. The first-order valence-corrected chi connectivity index (χ1v) is 11.0. The van der Waals surface area contributed by atoms with Gasteiger partial charge in [0.25, 0.3) is 5.56 Å². The van der Waals surface area contributed by atoms with Gasteiger partial charge in [-0.1, -0.05) is 43.8 Å². The number of H-pyrrole nitrogens is 1. The van der Waals surface area contributed by atoms with E-state index in [1.54, 1.807) is 4.57 Å². The predicted molar refractivity (Wildman–Crippen MR) is 120 cm³/mol. The Morgan fingerprint density at radius 2 is 2.07 bits per heavy atom. The molecule has 0 fully saturated rings. The monoisotopic (exact) mass is 412 g/mol. The van der Waals surface area contributed by atoms with Crippen LogP contribution in [0.25, 0.3) is 11.0 Å². The fourth-order valence-electron chi connectivity index (χ4n) is 3.37. The van der Waals surface area contributed by atoms with Gasteiger partial charge in [0.15, 0.2) is 5.16 Å². The van der Waals surface area contributed by atoms with E-state index in [4.69, 9.17) is 0 Å². The minimum Gasteiger partial charge on any atom is -0.353 e. The molecule has 2 N–H and O–H groups in total. The normalized spacial score (nSPS) is 12.3. The number of benzene rings is 1. The van der Waals surface area contributed by atoms with Gasteiger partial charge < -0.3 is 10.3 Å². The van der Waals surface area contributed by atoms with E-state index in [1.165, 1.54) is 11.8 Å². The maximum atomic E-state index is 13.0. The second-order valence-electron chi connectivity index (χ2n) is 7.34. The second kappa shape index (κ2) is 8.86. The molecule has 154 valence electrons. The summed E-state index contributed by atoms with van der Waals surface area (Å²) in [7, 11) is 0. The Hall–Kier alpha value is -2.54. The lowest BCUT2D eigenvalue weighted by molar-refractivity contribution is -0.113. The molecule has 7 heteroatoms. The average molecular weight is 413 g/mol. The van der Waals surface area contributed by atoms with Crippen LogP contribution in [0.4, 0.5) is 5.69 Å². The third kappa shape index (κ3) is 4.40. The van der Waals surface area contributed by atoms with Gasteiger partial charge in [-0.3, -0.25) is 14.2 Å². The minimum atomic E-state index is -0.103. The van der Waals surface area contributed by atoms with Crippen molar-refractivity contribution in [2.75, 3.05) is 11.1 Å². The van der Waals surface area contributed by atoms with Crippen LogP contribution < -0.4 is 10.9 Å². The Bertz CT molecular complexity index is 1100. The number of aromatic nitrogens is 3. The van der Waals surface area contributed by atoms with Gasteiger partial charge in [0.2, 0.25) is 5.91 Å². The number of hydrogen-bond acceptors (Lipinski definition) is 4. The molecule has 0 saturated carbocycles. The first-order valence-electron chi connectivity index (χ1n) is 9.98. The van der Waals surface area contributed by atoms with Gasteiger partial charge >= 0.3 is 0 Å². The van der Waals surface area contributed by atoms with Crippen molar-refractivity contribution >= 4 is 34.4 Å². The van der Waals surface area contributed by atoms with Gasteiger partial charge in [-0.05, 0) is 50.8 Å². The summed E-state index contributed by atoms with van der Waals surface area (Å²) >= 11 is 1.30. The Kier molecular flexibility index (Phi) is 6.47. The molecular weight excluding hydrogens is 384 g/mol. The van der Waals surface area contributed by atoms with E-state index in [2.05, 4.69) is 22.2 Å². The molecule has 3 rings (SSSR count). The molecule has 2 heterocycles. The van der Waals surface area contributed by atoms with Crippen molar-refractivity contribution in [3.8, 4) is 0 Å². The van der Waals surface area contributed by atoms with Gasteiger partial charge in [0, 0.05) is 17.4 Å². The van der Waals surface area contributed by atoms with Gasteiger partial charge in [-0.2, -0.15) is 0 Å². The van der Waals surface area contributed by atoms with Crippen LogP contribution in [0.5, 0.6) is 0 Å². The van der Waals surface area contributed by atoms with Crippen molar-refractivity contribution in [3.05, 3.63) is 51.4 Å². The third-order valence-electron chi connectivity index (χ3n) is 5.15. The zero-order valence-electron chi connectivity index (χ0n) is 17.6. The number of nitrogens with one attached hydrogen (secondary N) is 2. The fraction of sp³-hybridized carbons (Fsp3) is 0.409. The number of amides is 1. The van der Waals surface area contributed by atoms with E-state index in [0.29, 0.717) is 16.2 Å². The van der Waals surface area contributed by atoms with E-state index < -0.39 is 0 Å². The van der Waals surface area contributed by atoms with Crippen LogP contribution in [0.15, 0.2) is 34.2 Å². The number of thioether (sulfide) groups is 1. The Balaban J connectivity index is 1.86. The lowest BCUT2D eigenvalue weighted by Gasteiger charge is -2.17. The standard InChI is InChI=1S/C22H28N4O2S/c1-6-15(5)26-21(28)20-17(11-14(4)23-20)24-22(26)29-12-18(27)25-19-13(3)9-8-10-16(19)7-2/h8-11,15,23H,6-7,12H2,1-5H3,(H,25,27)/t15-/m0/s1. The molecule has 0 saturated heterocycles. The summed E-state index contributed by atoms with van der Waals surface area (Å²) in [5, 5.41) is 3.61. The number of anilines is 1. The molecule has 1 aromatic carbocycles. The lowest BCUT2D eigenvalue weighted by Crippen LogP contribution is -2.26. The second-order valence-corrected chi connectivity index (χ2v) is 8.28. The smallest absolute Gasteiger partial charge is 0.278 e. The Morgan fingerprint density at radius 1 is 1.31 bits per heavy atom. The maximum Gasteiger partial charge on any atom is 0.278 e. The molecular formula is C22H28N4O2S. The molecule has 1 atom stereocenters. The highest BCUT2D eigenvalue weighted by molar-refractivity contribution is 7.99. The van der Waals surface area contributed by atoms with Crippen LogP contribution in [0.3, 0.4) is 0 Å². The van der Waals surface area contributed by atoms with E-state index in [0.717, 1.165) is 35.3 Å². The molecule has 0 aliphatic heterocycles. The summed E-state index contributed by atoms with van der Waals surface area (Å²) in [5.41, 5.74) is 5.00. The average Bonchev–Trinajstić information content (AvgIpc) is 3.08. The quantitative estimate of drug-likeness (QED) is 0.439. The number of hydrogen-bond donors (Lipinski definition) is 2. The number of para-hydroxylation sites is 1. The van der Waals surface area contributed by atoms with E-state index in [-0.39, 0.29) is 23.3 Å². The minimum absolute atomic E-state index is 0.00312. The molecule has 0 aliphatic rings. The predicted octanol–water partition coefficient (Wildman–Crippen LogP) is 4.61. The zero-order valence-corrected chi connectivity index (χ0v) is 18.4. The first-order chi connectivity index (χ1) is 13.8. The molecule has 1 amide bonds. The Morgan fingerprint density at radius 3 is 2.76 bits per heavy atom. The fourth-order valence-corrected chi connectivity index (χ4v) is 4.27. The number of fused-ring (bicyclic) bond motifs is 1. The zero-order chi connectivity index (χ0) is 21.1. The molecule has 0 bridgehead atoms. The molecule has 3 aromatic rings. The van der Waals surface area contributed by atoms with Crippen molar-refractivity contribution in [1.29, 1.82) is 0 Å². The van der Waals surface area contributed by atoms with Crippen LogP contribution in [0.1, 0.15) is 50.1 Å². The van der Waals surface area contributed by atoms with Gasteiger partial charge in [-0.25, -0.2) is 4.98 Å². The number of aromatic amines is 1. The third-order valence-corrected chi connectivity index (χ3v) is 6.11. The van der Waals surface area contributed by atoms with Gasteiger partial charge in [0.1, 0.15) is 5.52 Å². The van der Waals surface area contributed by atoms with Gasteiger partial charge in [0.05, 0.1) is 11.3 Å². The highest BCUT2D eigenvalue weighted by Gasteiger charge is 2.18. The van der Waals surface area contributed by atoms with Crippen molar-refractivity contribution in [1.82, 2.24) is 14.5 Å². The summed E-state index contributed by atoms with van der Waals surface area (Å²) in [6, 6.07) is 7.88. The summed E-state index contributed by atoms with van der Waals surface area (Å²) in [5.74, 6) is 0.0873. The van der Waals surface area contributed by atoms with Crippen molar-refractivity contribution in [2.45, 2.75) is 58.7 Å². The number of aryl methyl sites for hydroxylation is 3. The molecule has 0 radical (unpaired) electrons. The number of nitrogens with zero attached hydrogens (tertiary/aromatic N) is 2. The SMILES string of the molecule is CCc1cccc(C)c1NC(=O)CSc1nc2cc(C)[nH]c2c(=O)n1[C@@H](C)CC. The topological polar surface area (TPSA) is 79.8 Å². The van der Waals surface area contributed by atoms with Crippen molar-refractivity contribution in [3.63, 3.8) is 0 Å². The van der Waals surface area contributed by atoms with Crippen LogP contribution in [-0.2, 0) is 11.2 Å². The van der Waals surface area contributed by atoms with Crippen LogP contribution in [-0.4, -0.2) is 26.2 Å².